The Labute approximate surface area is 116 Å². The molecule has 2 rings (SSSR count). The lowest BCUT2D eigenvalue weighted by Crippen LogP contribution is -1.98. The maximum atomic E-state index is 6.30. The second kappa shape index (κ2) is 5.01. The average Bonchev–Trinajstić information content (AvgIpc) is 2.69. The Morgan fingerprint density at radius 3 is 2.32 bits per heavy atom. The molecule has 2 aromatic rings. The molecule has 0 atom stereocenters. The molecule has 2 N–H and O–H groups in total. The van der Waals surface area contributed by atoms with Crippen molar-refractivity contribution >= 4 is 17.4 Å². The molecule has 0 radical (unpaired) electrons. The Kier molecular flexibility index (Phi) is 3.57. The van der Waals surface area contributed by atoms with E-state index in [9.17, 15) is 0 Å². The molecule has 6 heteroatoms. The Balaban J connectivity index is 2.69. The molecule has 0 saturated carbocycles. The number of aromatic nitrogens is 2. The number of nitrogens with zero attached hydrogens (tertiary/aromatic N) is 2. The Hall–Kier alpha value is -1.88. The molecular weight excluding hydrogens is 266 g/mol. The first-order valence-electron chi connectivity index (χ1n) is 5.70. The average molecular weight is 282 g/mol. The van der Waals surface area contributed by atoms with Gasteiger partial charge in [0.1, 0.15) is 16.6 Å². The van der Waals surface area contributed by atoms with Crippen LogP contribution in [0, 0.1) is 6.92 Å². The van der Waals surface area contributed by atoms with Crippen molar-refractivity contribution in [2.45, 2.75) is 6.92 Å². The van der Waals surface area contributed by atoms with E-state index in [1.54, 1.807) is 32.0 Å². The molecule has 1 heterocycles. The summed E-state index contributed by atoms with van der Waals surface area (Å²) in [5, 5.41) is 4.77. The number of methoxy groups -OCH3 is 2. The smallest absolute Gasteiger partial charge is 0.150 e. The second-order valence-electron chi connectivity index (χ2n) is 4.20. The van der Waals surface area contributed by atoms with Gasteiger partial charge in [0.15, 0.2) is 5.75 Å². The Morgan fingerprint density at radius 1 is 1.21 bits per heavy atom. The third kappa shape index (κ3) is 2.21. The van der Waals surface area contributed by atoms with Gasteiger partial charge in [-0.05, 0) is 18.6 Å². The maximum absolute atomic E-state index is 6.30. The van der Waals surface area contributed by atoms with Crippen molar-refractivity contribution in [1.82, 2.24) is 9.78 Å². The SMILES string of the molecule is COc1c(C)cc(-c2cc(N)n(C)n2)c(OC)c1Cl. The summed E-state index contributed by atoms with van der Waals surface area (Å²) < 4.78 is 12.3. The lowest BCUT2D eigenvalue weighted by atomic mass is 10.1. The highest BCUT2D eigenvalue weighted by Gasteiger charge is 2.19. The van der Waals surface area contributed by atoms with Gasteiger partial charge in [-0.2, -0.15) is 5.10 Å². The van der Waals surface area contributed by atoms with Crippen molar-refractivity contribution in [3.63, 3.8) is 0 Å². The van der Waals surface area contributed by atoms with Gasteiger partial charge in [-0.25, -0.2) is 0 Å². The lowest BCUT2D eigenvalue weighted by molar-refractivity contribution is 0.393. The molecule has 1 aromatic carbocycles. The predicted molar refractivity (Wildman–Crippen MR) is 75.9 cm³/mol. The molecule has 19 heavy (non-hydrogen) atoms. The molecule has 0 aliphatic carbocycles. The van der Waals surface area contributed by atoms with Crippen LogP contribution in [0.3, 0.4) is 0 Å². The number of hydrogen-bond acceptors (Lipinski definition) is 4. The van der Waals surface area contributed by atoms with Crippen molar-refractivity contribution < 1.29 is 9.47 Å². The molecule has 102 valence electrons. The Morgan fingerprint density at radius 2 is 1.84 bits per heavy atom. The molecule has 0 aliphatic heterocycles. The van der Waals surface area contributed by atoms with E-state index in [1.165, 1.54) is 0 Å². The zero-order chi connectivity index (χ0) is 14.2. The molecule has 0 saturated heterocycles. The fourth-order valence-electron chi connectivity index (χ4n) is 2.00. The van der Waals surface area contributed by atoms with E-state index in [4.69, 9.17) is 26.8 Å². The normalized spacial score (nSPS) is 10.6. The van der Waals surface area contributed by atoms with Gasteiger partial charge in [-0.3, -0.25) is 4.68 Å². The van der Waals surface area contributed by atoms with Crippen molar-refractivity contribution in [2.24, 2.45) is 7.05 Å². The fraction of sp³-hybridized carbons (Fsp3) is 0.308. The zero-order valence-electron chi connectivity index (χ0n) is 11.3. The summed E-state index contributed by atoms with van der Waals surface area (Å²) in [5.41, 5.74) is 8.22. The quantitative estimate of drug-likeness (QED) is 0.939. The molecular formula is C13H16ClN3O2. The lowest BCUT2D eigenvalue weighted by Gasteiger charge is -2.14. The number of anilines is 1. The minimum atomic E-state index is 0.434. The fourth-order valence-corrected chi connectivity index (χ4v) is 2.40. The summed E-state index contributed by atoms with van der Waals surface area (Å²) in [5.74, 6) is 1.70. The van der Waals surface area contributed by atoms with Gasteiger partial charge in [0.25, 0.3) is 0 Å². The monoisotopic (exact) mass is 281 g/mol. The number of nitrogens with two attached hydrogens (primary N) is 1. The minimum absolute atomic E-state index is 0.434. The number of nitrogen functional groups attached to an aromatic ring is 1. The van der Waals surface area contributed by atoms with E-state index >= 15 is 0 Å². The number of halogens is 1. The topological polar surface area (TPSA) is 62.3 Å². The van der Waals surface area contributed by atoms with Crippen molar-refractivity contribution in [3.05, 3.63) is 22.7 Å². The zero-order valence-corrected chi connectivity index (χ0v) is 12.1. The summed E-state index contributed by atoms with van der Waals surface area (Å²) in [6.07, 6.45) is 0. The molecule has 0 unspecified atom stereocenters. The van der Waals surface area contributed by atoms with Gasteiger partial charge in [0.05, 0.1) is 19.9 Å². The van der Waals surface area contributed by atoms with Crippen LogP contribution in [0.1, 0.15) is 5.56 Å². The molecule has 0 fully saturated rings. The van der Waals surface area contributed by atoms with E-state index in [-0.39, 0.29) is 0 Å². The van der Waals surface area contributed by atoms with Crippen LogP contribution in [-0.4, -0.2) is 24.0 Å². The van der Waals surface area contributed by atoms with Gasteiger partial charge >= 0.3 is 0 Å². The molecule has 0 spiro atoms. The van der Waals surface area contributed by atoms with Crippen molar-refractivity contribution in [3.8, 4) is 22.8 Å². The van der Waals surface area contributed by atoms with E-state index < -0.39 is 0 Å². The van der Waals surface area contributed by atoms with E-state index in [0.29, 0.717) is 28.0 Å². The first-order valence-corrected chi connectivity index (χ1v) is 6.08. The first kappa shape index (κ1) is 13.5. The van der Waals surface area contributed by atoms with Gasteiger partial charge < -0.3 is 15.2 Å². The summed E-state index contributed by atoms with van der Waals surface area (Å²) >= 11 is 6.30. The number of hydrogen-bond donors (Lipinski definition) is 1. The van der Waals surface area contributed by atoms with Crippen LogP contribution in [0.15, 0.2) is 12.1 Å². The van der Waals surface area contributed by atoms with Crippen LogP contribution in [0.25, 0.3) is 11.3 Å². The second-order valence-corrected chi connectivity index (χ2v) is 4.58. The van der Waals surface area contributed by atoms with E-state index in [1.807, 2.05) is 13.0 Å². The van der Waals surface area contributed by atoms with Crippen molar-refractivity contribution in [2.75, 3.05) is 20.0 Å². The molecule has 0 bridgehead atoms. The molecule has 1 aromatic heterocycles. The first-order chi connectivity index (χ1) is 8.99. The third-order valence-corrected chi connectivity index (χ3v) is 3.31. The van der Waals surface area contributed by atoms with Gasteiger partial charge in [-0.15, -0.1) is 0 Å². The number of aryl methyl sites for hydroxylation is 2. The number of ether oxygens (including phenoxy) is 2. The van der Waals surface area contributed by atoms with E-state index in [2.05, 4.69) is 5.10 Å². The van der Waals surface area contributed by atoms with Crippen LogP contribution in [0.5, 0.6) is 11.5 Å². The van der Waals surface area contributed by atoms with Gasteiger partial charge in [-0.1, -0.05) is 11.6 Å². The van der Waals surface area contributed by atoms with Crippen LogP contribution < -0.4 is 15.2 Å². The summed E-state index contributed by atoms with van der Waals surface area (Å²) in [4.78, 5) is 0. The predicted octanol–water partition coefficient (Wildman–Crippen LogP) is 2.65. The van der Waals surface area contributed by atoms with Gasteiger partial charge in [0, 0.05) is 18.7 Å². The Bertz CT molecular complexity index is 603. The standard InChI is InChI=1S/C13H16ClN3O2/c1-7-5-8(9-6-10(15)17(2)16-9)13(19-4)11(14)12(7)18-3/h5-6H,15H2,1-4H3. The van der Waals surface area contributed by atoms with Crippen LogP contribution in [0.2, 0.25) is 5.02 Å². The van der Waals surface area contributed by atoms with Gasteiger partial charge in [0.2, 0.25) is 0 Å². The van der Waals surface area contributed by atoms with Crippen molar-refractivity contribution in [1.29, 1.82) is 0 Å². The molecule has 5 nitrogen and oxygen atoms in total. The van der Waals surface area contributed by atoms with Crippen LogP contribution in [-0.2, 0) is 7.05 Å². The number of benzene rings is 1. The van der Waals surface area contributed by atoms with E-state index in [0.717, 1.165) is 11.1 Å². The highest BCUT2D eigenvalue weighted by molar-refractivity contribution is 6.34. The summed E-state index contributed by atoms with van der Waals surface area (Å²) in [6.45, 7) is 1.92. The largest absolute Gasteiger partial charge is 0.495 e. The highest BCUT2D eigenvalue weighted by atomic mass is 35.5. The summed E-state index contributed by atoms with van der Waals surface area (Å²) in [6, 6.07) is 3.70. The maximum Gasteiger partial charge on any atom is 0.150 e. The summed E-state index contributed by atoms with van der Waals surface area (Å²) in [7, 11) is 4.92. The van der Waals surface area contributed by atoms with Crippen LogP contribution in [0.4, 0.5) is 5.82 Å². The van der Waals surface area contributed by atoms with Crippen LogP contribution >= 0.6 is 11.6 Å². The highest BCUT2D eigenvalue weighted by Crippen LogP contribution is 2.43. The number of rotatable bonds is 3. The third-order valence-electron chi connectivity index (χ3n) is 2.96. The molecule has 0 aliphatic rings. The minimum Gasteiger partial charge on any atom is -0.495 e. The molecule has 0 amide bonds.